The molecule has 1 amide bonds. The van der Waals surface area contributed by atoms with Crippen LogP contribution in [0.25, 0.3) is 5.57 Å². The van der Waals surface area contributed by atoms with Crippen LogP contribution in [0.4, 0.5) is 0 Å². The predicted molar refractivity (Wildman–Crippen MR) is 119 cm³/mol. The average molecular weight is 380 g/mol. The highest BCUT2D eigenvalue weighted by molar-refractivity contribution is 6.78. The molecule has 1 atom stereocenters. The molecule has 2 nitrogen and oxygen atoms in total. The monoisotopic (exact) mass is 379 g/mol. The van der Waals surface area contributed by atoms with Gasteiger partial charge in [0.1, 0.15) is 0 Å². The smallest absolute Gasteiger partial charge is 0.226 e. The van der Waals surface area contributed by atoms with Crippen molar-refractivity contribution in [2.45, 2.75) is 45.5 Å². The number of hydrogen-bond acceptors (Lipinski definition) is 1. The molecule has 2 aromatic carbocycles. The molecule has 0 saturated carbocycles. The highest BCUT2D eigenvalue weighted by Crippen LogP contribution is 2.33. The number of allylic oxidation sites excluding steroid dienone is 1. The standard InChI is InChI=1S/C24H33NOSi/c1-6-25(7-2)24(26)19-22(20-14-10-8-11-15-20)18-23(27(3,4)5)21-16-12-9-13-17-21/h8-18,23H,6-7,19H2,1-5H3/b22-18+. The van der Waals surface area contributed by atoms with Crippen molar-refractivity contribution in [2.24, 2.45) is 0 Å². The van der Waals surface area contributed by atoms with Gasteiger partial charge in [-0.15, -0.1) is 0 Å². The van der Waals surface area contributed by atoms with Crippen molar-refractivity contribution >= 4 is 19.6 Å². The molecule has 27 heavy (non-hydrogen) atoms. The summed E-state index contributed by atoms with van der Waals surface area (Å²) in [6.07, 6.45) is 2.83. The number of nitrogens with zero attached hydrogens (tertiary/aromatic N) is 1. The van der Waals surface area contributed by atoms with E-state index in [1.165, 1.54) is 5.56 Å². The first-order valence-electron chi connectivity index (χ1n) is 9.95. The zero-order chi connectivity index (χ0) is 19.9. The minimum atomic E-state index is -1.52. The van der Waals surface area contributed by atoms with Crippen molar-refractivity contribution in [2.75, 3.05) is 13.1 Å². The largest absolute Gasteiger partial charge is 0.343 e. The Labute approximate surface area is 165 Å². The van der Waals surface area contributed by atoms with E-state index in [4.69, 9.17) is 0 Å². The lowest BCUT2D eigenvalue weighted by molar-refractivity contribution is -0.129. The van der Waals surface area contributed by atoms with Gasteiger partial charge in [-0.05, 0) is 36.1 Å². The Morgan fingerprint density at radius 2 is 1.44 bits per heavy atom. The van der Waals surface area contributed by atoms with E-state index < -0.39 is 8.07 Å². The Morgan fingerprint density at radius 1 is 0.926 bits per heavy atom. The van der Waals surface area contributed by atoms with Crippen molar-refractivity contribution in [3.8, 4) is 0 Å². The fraction of sp³-hybridized carbons (Fsp3) is 0.375. The van der Waals surface area contributed by atoms with Crippen LogP contribution < -0.4 is 0 Å². The van der Waals surface area contributed by atoms with E-state index in [9.17, 15) is 4.79 Å². The number of carbonyl (C=O) groups is 1. The summed E-state index contributed by atoms with van der Waals surface area (Å²) in [7, 11) is -1.52. The van der Waals surface area contributed by atoms with Gasteiger partial charge in [0.15, 0.2) is 0 Å². The highest BCUT2D eigenvalue weighted by atomic mass is 28.3. The van der Waals surface area contributed by atoms with Gasteiger partial charge in [0.25, 0.3) is 0 Å². The molecule has 2 aromatic rings. The van der Waals surface area contributed by atoms with Crippen LogP contribution in [0.15, 0.2) is 66.7 Å². The topological polar surface area (TPSA) is 20.3 Å². The zero-order valence-electron chi connectivity index (χ0n) is 17.4. The van der Waals surface area contributed by atoms with E-state index in [0.29, 0.717) is 12.0 Å². The molecule has 0 heterocycles. The lowest BCUT2D eigenvalue weighted by atomic mass is 9.99. The van der Waals surface area contributed by atoms with Crippen LogP contribution in [-0.2, 0) is 4.79 Å². The molecule has 0 radical (unpaired) electrons. The first-order valence-corrected chi connectivity index (χ1v) is 13.5. The van der Waals surface area contributed by atoms with Crippen molar-refractivity contribution < 1.29 is 4.79 Å². The fourth-order valence-electron chi connectivity index (χ4n) is 3.47. The van der Waals surface area contributed by atoms with E-state index >= 15 is 0 Å². The average Bonchev–Trinajstić information content (AvgIpc) is 2.66. The van der Waals surface area contributed by atoms with Gasteiger partial charge in [0.05, 0.1) is 14.5 Å². The summed E-state index contributed by atoms with van der Waals surface area (Å²) in [4.78, 5) is 14.8. The minimum Gasteiger partial charge on any atom is -0.343 e. The molecule has 0 N–H and O–H groups in total. The molecule has 0 aliphatic rings. The zero-order valence-corrected chi connectivity index (χ0v) is 18.4. The second-order valence-electron chi connectivity index (χ2n) is 8.06. The molecule has 144 valence electrons. The van der Waals surface area contributed by atoms with Crippen LogP contribution >= 0.6 is 0 Å². The van der Waals surface area contributed by atoms with E-state index in [-0.39, 0.29) is 5.91 Å². The maximum Gasteiger partial charge on any atom is 0.226 e. The highest BCUT2D eigenvalue weighted by Gasteiger charge is 2.27. The van der Waals surface area contributed by atoms with Crippen LogP contribution in [0.5, 0.6) is 0 Å². The first kappa shape index (κ1) is 21.2. The number of amides is 1. The van der Waals surface area contributed by atoms with Gasteiger partial charge in [-0.1, -0.05) is 86.4 Å². The second-order valence-corrected chi connectivity index (χ2v) is 13.4. The van der Waals surface area contributed by atoms with E-state index in [1.54, 1.807) is 0 Å². The molecule has 0 aliphatic carbocycles. The molecule has 0 saturated heterocycles. The van der Waals surface area contributed by atoms with Gasteiger partial charge >= 0.3 is 0 Å². The molecule has 1 unspecified atom stereocenters. The summed E-state index contributed by atoms with van der Waals surface area (Å²) in [6, 6.07) is 21.1. The van der Waals surface area contributed by atoms with E-state index in [1.807, 2.05) is 24.8 Å². The van der Waals surface area contributed by atoms with Crippen molar-refractivity contribution in [3.05, 3.63) is 77.9 Å². The Kier molecular flexibility index (Phi) is 7.61. The van der Waals surface area contributed by atoms with Crippen LogP contribution in [0.3, 0.4) is 0 Å². The molecule has 3 heteroatoms. The fourth-order valence-corrected chi connectivity index (χ4v) is 5.36. The third-order valence-electron chi connectivity index (χ3n) is 5.06. The van der Waals surface area contributed by atoms with Crippen LogP contribution in [-0.4, -0.2) is 32.0 Å². The van der Waals surface area contributed by atoms with Gasteiger partial charge in [-0.2, -0.15) is 0 Å². The summed E-state index contributed by atoms with van der Waals surface area (Å²) in [6.45, 7) is 12.8. The van der Waals surface area contributed by atoms with E-state index in [2.05, 4.69) is 80.3 Å². The maximum absolute atomic E-state index is 12.9. The normalized spacial score (nSPS) is 13.3. The molecule has 0 fully saturated rings. The number of rotatable bonds is 8. The Hall–Kier alpha value is -2.13. The lowest BCUT2D eigenvalue weighted by Crippen LogP contribution is -2.31. The van der Waals surface area contributed by atoms with Gasteiger partial charge in [0.2, 0.25) is 5.91 Å². The molecule has 2 rings (SSSR count). The second kappa shape index (κ2) is 9.70. The van der Waals surface area contributed by atoms with Crippen LogP contribution in [0, 0.1) is 0 Å². The third kappa shape index (κ3) is 5.93. The predicted octanol–water partition coefficient (Wildman–Crippen LogP) is 5.99. The summed E-state index contributed by atoms with van der Waals surface area (Å²) < 4.78 is 0. The van der Waals surface area contributed by atoms with Crippen molar-refractivity contribution in [1.82, 2.24) is 4.90 Å². The molecule has 0 spiro atoms. The van der Waals surface area contributed by atoms with Crippen LogP contribution in [0.1, 0.15) is 36.9 Å². The summed E-state index contributed by atoms with van der Waals surface area (Å²) >= 11 is 0. The lowest BCUT2D eigenvalue weighted by Gasteiger charge is -2.28. The Bertz CT molecular complexity index is 743. The third-order valence-corrected chi connectivity index (χ3v) is 7.43. The van der Waals surface area contributed by atoms with Gasteiger partial charge in [-0.3, -0.25) is 4.79 Å². The number of hydrogen-bond donors (Lipinski definition) is 0. The Balaban J connectivity index is 2.48. The maximum atomic E-state index is 12.9. The van der Waals surface area contributed by atoms with Crippen molar-refractivity contribution in [3.63, 3.8) is 0 Å². The SMILES string of the molecule is CCN(CC)C(=O)C/C(=C\C(c1ccccc1)[Si](C)(C)C)c1ccccc1. The van der Waals surface area contributed by atoms with E-state index in [0.717, 1.165) is 24.2 Å². The summed E-state index contributed by atoms with van der Waals surface area (Å²) in [5.41, 5.74) is 4.01. The van der Waals surface area contributed by atoms with Crippen LogP contribution in [0.2, 0.25) is 19.6 Å². The summed E-state index contributed by atoms with van der Waals surface area (Å²) in [5.74, 6) is 0.206. The first-order chi connectivity index (χ1) is 12.9. The Morgan fingerprint density at radius 3 is 1.93 bits per heavy atom. The molecule has 0 bridgehead atoms. The summed E-state index contributed by atoms with van der Waals surface area (Å²) in [5, 5.41) is 0. The quantitative estimate of drug-likeness (QED) is 0.516. The van der Waals surface area contributed by atoms with Gasteiger partial charge in [0, 0.05) is 13.1 Å². The van der Waals surface area contributed by atoms with Gasteiger partial charge in [-0.25, -0.2) is 0 Å². The van der Waals surface area contributed by atoms with Crippen molar-refractivity contribution in [1.29, 1.82) is 0 Å². The minimum absolute atomic E-state index is 0.206. The molecular weight excluding hydrogens is 346 g/mol. The number of benzene rings is 2. The molecule has 0 aromatic heterocycles. The van der Waals surface area contributed by atoms with Gasteiger partial charge < -0.3 is 4.90 Å². The number of carbonyl (C=O) groups excluding carboxylic acids is 1. The molecule has 0 aliphatic heterocycles. The molecular formula is C24H33NOSi.